The van der Waals surface area contributed by atoms with E-state index in [4.69, 9.17) is 9.47 Å². The zero-order valence-electron chi connectivity index (χ0n) is 20.2. The Morgan fingerprint density at radius 3 is 2.59 bits per heavy atom. The normalized spacial score (nSPS) is 61.5. The van der Waals surface area contributed by atoms with Crippen molar-refractivity contribution < 1.29 is 24.8 Å². The van der Waals surface area contributed by atoms with Gasteiger partial charge in [-0.05, 0) is 68.1 Å². The van der Waals surface area contributed by atoms with Crippen molar-refractivity contribution in [1.29, 1.82) is 0 Å². The largest absolute Gasteiger partial charge is 0.393 e. The predicted octanol–water partition coefficient (Wildman–Crippen LogP) is 3.80. The summed E-state index contributed by atoms with van der Waals surface area (Å²) in [5, 5.41) is 33.3. The fourth-order valence-corrected chi connectivity index (χ4v) is 9.58. The second-order valence-corrected chi connectivity index (χ2v) is 12.9. The fourth-order valence-electron chi connectivity index (χ4n) is 9.58. The Morgan fingerprint density at radius 1 is 1.06 bits per heavy atom. The van der Waals surface area contributed by atoms with E-state index in [0.29, 0.717) is 30.8 Å². The quantitative estimate of drug-likeness (QED) is 0.493. The third kappa shape index (κ3) is 2.53. The summed E-state index contributed by atoms with van der Waals surface area (Å²) in [6.45, 7) is 9.37. The van der Waals surface area contributed by atoms with Crippen molar-refractivity contribution in [3.63, 3.8) is 0 Å². The lowest BCUT2D eigenvalue weighted by Gasteiger charge is -2.59. The zero-order valence-corrected chi connectivity index (χ0v) is 20.2. The van der Waals surface area contributed by atoms with Gasteiger partial charge in [-0.1, -0.05) is 39.3 Å². The van der Waals surface area contributed by atoms with Gasteiger partial charge in [0.25, 0.3) is 0 Å². The number of rotatable bonds is 0. The summed E-state index contributed by atoms with van der Waals surface area (Å²) in [6.07, 6.45) is 8.99. The molecule has 3 saturated carbocycles. The van der Waals surface area contributed by atoms with Gasteiger partial charge in [-0.2, -0.15) is 0 Å². The summed E-state index contributed by atoms with van der Waals surface area (Å²) in [5.74, 6) is 0.712. The van der Waals surface area contributed by atoms with Crippen molar-refractivity contribution in [3.05, 3.63) is 11.6 Å². The zero-order chi connectivity index (χ0) is 22.7. The van der Waals surface area contributed by atoms with E-state index >= 15 is 0 Å². The first-order chi connectivity index (χ1) is 15.0. The van der Waals surface area contributed by atoms with E-state index in [-0.39, 0.29) is 34.9 Å². The highest BCUT2D eigenvalue weighted by Gasteiger charge is 2.76. The first kappa shape index (κ1) is 22.0. The van der Waals surface area contributed by atoms with Gasteiger partial charge in [-0.15, -0.1) is 0 Å². The smallest absolute Gasteiger partial charge is 0.176 e. The maximum absolute atomic E-state index is 12.4. The Kier molecular flexibility index (Phi) is 4.69. The number of aliphatic hydroxyl groups is 3. The SMILES string of the molecule is C[C@@H]1CO[C@]2(C[C@@H]1O)O[C@H]1C[C@H]3[C@@H]4CC=C5C[C@@H](O)CC[C@]5(C)[C@H]4CC[C@]3(C)[C@@]1(O)[C@@H]2C. The van der Waals surface area contributed by atoms with Gasteiger partial charge in [-0.25, -0.2) is 0 Å². The number of ether oxygens (including phenoxy) is 2. The molecule has 0 radical (unpaired) electrons. The molecule has 6 rings (SSSR count). The molecule has 2 saturated heterocycles. The number of hydrogen-bond donors (Lipinski definition) is 3. The van der Waals surface area contributed by atoms with E-state index < -0.39 is 17.5 Å². The number of aliphatic hydroxyl groups excluding tert-OH is 2. The van der Waals surface area contributed by atoms with E-state index in [9.17, 15) is 15.3 Å². The number of hydrogen-bond acceptors (Lipinski definition) is 5. The molecular formula is C27H42O5. The lowest BCUT2D eigenvalue weighted by molar-refractivity contribution is -0.292. The van der Waals surface area contributed by atoms with E-state index in [0.717, 1.165) is 44.9 Å². The van der Waals surface area contributed by atoms with Gasteiger partial charge in [0.15, 0.2) is 5.79 Å². The summed E-state index contributed by atoms with van der Waals surface area (Å²) in [5.41, 5.74) is 0.566. The van der Waals surface area contributed by atoms with Crippen molar-refractivity contribution in [2.75, 3.05) is 6.61 Å². The Labute approximate surface area is 192 Å². The standard InChI is InChI=1S/C27H42O5/c1-15-14-31-26(13-22(15)29)16(2)27(30)23(32-26)12-21-19-6-5-17-11-18(28)7-9-24(17,3)20(19)8-10-25(21,27)4/h5,15-16,18-23,28-30H,6-14H2,1-4H3/t15-,16-,18+,19-,20+,21+,22+,23+,24+,25+,26-,27-/m1/s1. The van der Waals surface area contributed by atoms with Crippen molar-refractivity contribution in [1.82, 2.24) is 0 Å². The lowest BCUT2D eigenvalue weighted by Crippen LogP contribution is -2.60. The van der Waals surface area contributed by atoms with Crippen LogP contribution in [0.25, 0.3) is 0 Å². The average molecular weight is 447 g/mol. The number of fused-ring (bicyclic) bond motifs is 7. The second-order valence-electron chi connectivity index (χ2n) is 12.9. The van der Waals surface area contributed by atoms with Gasteiger partial charge in [0.2, 0.25) is 0 Å². The molecule has 0 aromatic rings. The molecule has 5 nitrogen and oxygen atoms in total. The summed E-state index contributed by atoms with van der Waals surface area (Å²) in [6, 6.07) is 0. The monoisotopic (exact) mass is 446 g/mol. The van der Waals surface area contributed by atoms with Gasteiger partial charge in [0.1, 0.15) is 5.60 Å². The van der Waals surface area contributed by atoms with Crippen LogP contribution >= 0.6 is 0 Å². The molecule has 2 aliphatic heterocycles. The van der Waals surface area contributed by atoms with Crippen LogP contribution in [0.4, 0.5) is 0 Å². The van der Waals surface area contributed by atoms with Crippen LogP contribution in [0.2, 0.25) is 0 Å². The van der Waals surface area contributed by atoms with Crippen molar-refractivity contribution in [2.24, 2.45) is 40.4 Å². The molecule has 5 fully saturated rings. The first-order valence-electron chi connectivity index (χ1n) is 13.1. The van der Waals surface area contributed by atoms with Gasteiger partial charge in [0.05, 0.1) is 24.9 Å². The Hall–Kier alpha value is -0.460. The predicted molar refractivity (Wildman–Crippen MR) is 121 cm³/mol. The fraction of sp³-hybridized carbons (Fsp3) is 0.926. The van der Waals surface area contributed by atoms with Crippen LogP contribution in [0, 0.1) is 40.4 Å². The van der Waals surface area contributed by atoms with Crippen molar-refractivity contribution >= 4 is 0 Å². The van der Waals surface area contributed by atoms with Gasteiger partial charge < -0.3 is 24.8 Å². The minimum atomic E-state index is -0.920. The topological polar surface area (TPSA) is 79.2 Å². The highest BCUT2D eigenvalue weighted by Crippen LogP contribution is 2.72. The summed E-state index contributed by atoms with van der Waals surface area (Å²) >= 11 is 0. The highest BCUT2D eigenvalue weighted by molar-refractivity contribution is 5.28. The molecule has 4 aliphatic carbocycles. The Balaban J connectivity index is 1.32. The molecule has 0 aromatic heterocycles. The van der Waals surface area contributed by atoms with Crippen LogP contribution in [0.15, 0.2) is 11.6 Å². The maximum atomic E-state index is 12.4. The summed E-state index contributed by atoms with van der Waals surface area (Å²) in [7, 11) is 0. The van der Waals surface area contributed by atoms with Crippen LogP contribution in [0.1, 0.15) is 79.1 Å². The van der Waals surface area contributed by atoms with Crippen LogP contribution in [0.3, 0.4) is 0 Å². The Morgan fingerprint density at radius 2 is 1.84 bits per heavy atom. The molecule has 0 bridgehead atoms. The number of allylic oxidation sites excluding steroid dienone is 1. The second kappa shape index (κ2) is 6.81. The van der Waals surface area contributed by atoms with Gasteiger partial charge >= 0.3 is 0 Å². The molecule has 6 aliphatic rings. The van der Waals surface area contributed by atoms with Crippen LogP contribution in [0.5, 0.6) is 0 Å². The van der Waals surface area contributed by atoms with E-state index in [1.165, 1.54) is 5.57 Å². The summed E-state index contributed by atoms with van der Waals surface area (Å²) < 4.78 is 12.9. The van der Waals surface area contributed by atoms with E-state index in [2.05, 4.69) is 26.8 Å². The van der Waals surface area contributed by atoms with Crippen molar-refractivity contribution in [2.45, 2.75) is 109 Å². The molecular weight excluding hydrogens is 404 g/mol. The molecule has 1 spiro atoms. The molecule has 32 heavy (non-hydrogen) atoms. The first-order valence-corrected chi connectivity index (χ1v) is 13.1. The third-order valence-corrected chi connectivity index (χ3v) is 11.7. The molecule has 12 atom stereocenters. The van der Waals surface area contributed by atoms with E-state index in [1.807, 2.05) is 6.92 Å². The third-order valence-electron chi connectivity index (χ3n) is 11.7. The van der Waals surface area contributed by atoms with Crippen LogP contribution in [-0.2, 0) is 9.47 Å². The minimum absolute atomic E-state index is 0.100. The highest BCUT2D eigenvalue weighted by atomic mass is 16.7. The molecule has 0 aromatic carbocycles. The minimum Gasteiger partial charge on any atom is -0.393 e. The van der Waals surface area contributed by atoms with Crippen molar-refractivity contribution in [3.8, 4) is 0 Å². The van der Waals surface area contributed by atoms with Crippen LogP contribution in [-0.4, -0.2) is 51.6 Å². The summed E-state index contributed by atoms with van der Waals surface area (Å²) in [4.78, 5) is 0. The van der Waals surface area contributed by atoms with E-state index in [1.54, 1.807) is 0 Å². The lowest BCUT2D eigenvalue weighted by atomic mass is 9.46. The molecule has 5 heteroatoms. The molecule has 3 N–H and O–H groups in total. The molecule has 0 amide bonds. The van der Waals surface area contributed by atoms with Gasteiger partial charge in [0, 0.05) is 23.7 Å². The molecule has 0 unspecified atom stereocenters. The average Bonchev–Trinajstić information content (AvgIpc) is 3.10. The molecule has 2 heterocycles. The van der Waals surface area contributed by atoms with Crippen LogP contribution < -0.4 is 0 Å². The molecule has 180 valence electrons. The van der Waals surface area contributed by atoms with Gasteiger partial charge in [-0.3, -0.25) is 0 Å². The Bertz CT molecular complexity index is 827. The maximum Gasteiger partial charge on any atom is 0.176 e.